The zero-order valence-corrected chi connectivity index (χ0v) is 8.53. The smallest absolute Gasteiger partial charge is 0.455 e. The van der Waals surface area contributed by atoms with Crippen molar-refractivity contribution in [2.45, 2.75) is 38.0 Å². The van der Waals surface area contributed by atoms with Gasteiger partial charge in [0, 0.05) is 0 Å². The van der Waals surface area contributed by atoms with E-state index in [2.05, 4.69) is 0 Å². The van der Waals surface area contributed by atoms with Gasteiger partial charge < -0.3 is 10.2 Å². The van der Waals surface area contributed by atoms with E-state index in [0.29, 0.717) is 0 Å². The van der Waals surface area contributed by atoms with Gasteiger partial charge in [-0.25, -0.2) is 4.79 Å². The van der Waals surface area contributed by atoms with Gasteiger partial charge in [-0.1, -0.05) is 0 Å². The van der Waals surface area contributed by atoms with E-state index in [1.165, 1.54) is 0 Å². The zero-order chi connectivity index (χ0) is 12.9. The Kier molecular flexibility index (Phi) is 4.76. The maximum Gasteiger partial charge on any atom is 0.455 e. The Morgan fingerprint density at radius 2 is 1.81 bits per heavy atom. The van der Waals surface area contributed by atoms with Crippen LogP contribution in [0, 0.1) is 20.2 Å². The first-order valence-electron chi connectivity index (χ1n) is 4.41. The number of hydrogen-bond donors (Lipinski definition) is 2. The van der Waals surface area contributed by atoms with Crippen molar-refractivity contribution in [1.82, 2.24) is 0 Å². The Bertz CT molecular complexity index is 289. The zero-order valence-electron chi connectivity index (χ0n) is 8.53. The summed E-state index contributed by atoms with van der Waals surface area (Å²) in [5.74, 6) is -1.45. The molecule has 9 nitrogen and oxygen atoms in total. The fourth-order valence-corrected chi connectivity index (χ4v) is 1.00. The Balaban J connectivity index is 4.31. The molecule has 0 aromatic heterocycles. The number of carbonyl (C=O) groups is 1. The fourth-order valence-electron chi connectivity index (χ4n) is 1.00. The third-order valence-electron chi connectivity index (χ3n) is 2.20. The van der Waals surface area contributed by atoms with Crippen molar-refractivity contribution in [3.63, 3.8) is 0 Å². The minimum atomic E-state index is -2.34. The third kappa shape index (κ3) is 3.42. The molecule has 0 heterocycles. The number of aliphatic carboxylic acids is 1. The maximum atomic E-state index is 10.5. The quantitative estimate of drug-likeness (QED) is 0.356. The van der Waals surface area contributed by atoms with Crippen molar-refractivity contribution in [2.75, 3.05) is 0 Å². The van der Waals surface area contributed by atoms with Crippen molar-refractivity contribution < 1.29 is 24.9 Å². The van der Waals surface area contributed by atoms with Crippen LogP contribution in [0.1, 0.15) is 26.2 Å². The van der Waals surface area contributed by atoms with E-state index in [-0.39, 0.29) is 12.8 Å². The molecule has 92 valence electrons. The second-order valence-corrected chi connectivity index (χ2v) is 3.48. The van der Waals surface area contributed by atoms with Gasteiger partial charge in [-0.15, -0.1) is 0 Å². The Morgan fingerprint density at radius 3 is 2.12 bits per heavy atom. The number of nitro groups is 2. The Labute approximate surface area is 90.0 Å². The monoisotopic (exact) mass is 236 g/mol. The van der Waals surface area contributed by atoms with Crippen molar-refractivity contribution in [1.29, 1.82) is 0 Å². The molecular weight excluding hydrogens is 224 g/mol. The highest BCUT2D eigenvalue weighted by molar-refractivity contribution is 5.71. The lowest BCUT2D eigenvalue weighted by Crippen LogP contribution is -2.43. The van der Waals surface area contributed by atoms with E-state index in [1.54, 1.807) is 0 Å². The second kappa shape index (κ2) is 5.35. The van der Waals surface area contributed by atoms with Crippen molar-refractivity contribution in [3.8, 4) is 0 Å². The molecule has 0 aromatic carbocycles. The number of aliphatic hydroxyl groups is 1. The lowest BCUT2D eigenvalue weighted by molar-refractivity contribution is -0.793. The highest BCUT2D eigenvalue weighted by Crippen LogP contribution is 2.19. The van der Waals surface area contributed by atoms with Crippen LogP contribution in [-0.2, 0) is 4.79 Å². The minimum Gasteiger partial charge on any atom is -0.479 e. The summed E-state index contributed by atoms with van der Waals surface area (Å²) < 4.78 is 0. The molecule has 0 spiro atoms. The molecule has 9 heteroatoms. The number of rotatable bonds is 7. The summed E-state index contributed by atoms with van der Waals surface area (Å²) in [7, 11) is 0. The molecule has 0 fully saturated rings. The molecule has 0 saturated heterocycles. The predicted molar refractivity (Wildman–Crippen MR) is 49.9 cm³/mol. The molecule has 2 N–H and O–H groups in total. The Morgan fingerprint density at radius 1 is 1.38 bits per heavy atom. The molecule has 0 aromatic rings. The molecule has 0 radical (unpaired) electrons. The standard InChI is InChI=1S/C7H12N2O7/c1-7(8(13)14,9(15)16)4-2-3-5(10)6(11)12/h5,10H,2-4H2,1H3,(H,11,12). The molecule has 0 bridgehead atoms. The van der Waals surface area contributed by atoms with Crippen LogP contribution in [0.4, 0.5) is 0 Å². The lowest BCUT2D eigenvalue weighted by Gasteiger charge is -2.12. The summed E-state index contributed by atoms with van der Waals surface area (Å²) >= 11 is 0. The molecular formula is C7H12N2O7. The van der Waals surface area contributed by atoms with E-state index in [0.717, 1.165) is 6.92 Å². The van der Waals surface area contributed by atoms with Crippen LogP contribution in [0.15, 0.2) is 0 Å². The highest BCUT2D eigenvalue weighted by Gasteiger charge is 2.49. The molecule has 0 rings (SSSR count). The van der Waals surface area contributed by atoms with Crippen molar-refractivity contribution >= 4 is 5.97 Å². The first-order valence-corrected chi connectivity index (χ1v) is 4.41. The molecule has 0 amide bonds. The van der Waals surface area contributed by atoms with E-state index in [4.69, 9.17) is 10.2 Å². The number of aliphatic hydroxyl groups excluding tert-OH is 1. The summed E-state index contributed by atoms with van der Waals surface area (Å²) in [5, 5.41) is 38.1. The van der Waals surface area contributed by atoms with Crippen LogP contribution in [0.25, 0.3) is 0 Å². The third-order valence-corrected chi connectivity index (χ3v) is 2.20. The largest absolute Gasteiger partial charge is 0.479 e. The SMILES string of the molecule is CC(CCCC(O)C(=O)O)([N+](=O)[O-])[N+](=O)[O-]. The molecule has 0 aliphatic heterocycles. The van der Waals surface area contributed by atoms with Crippen LogP contribution >= 0.6 is 0 Å². The van der Waals surface area contributed by atoms with Crippen LogP contribution in [0.5, 0.6) is 0 Å². The van der Waals surface area contributed by atoms with Crippen LogP contribution in [-0.4, -0.2) is 37.8 Å². The van der Waals surface area contributed by atoms with Gasteiger partial charge in [-0.05, 0) is 12.8 Å². The summed E-state index contributed by atoms with van der Waals surface area (Å²) in [4.78, 5) is 29.1. The summed E-state index contributed by atoms with van der Waals surface area (Å²) in [5.41, 5.74) is -2.34. The molecule has 1 atom stereocenters. The number of hydrogen-bond acceptors (Lipinski definition) is 6. The van der Waals surface area contributed by atoms with Crippen LogP contribution < -0.4 is 0 Å². The lowest BCUT2D eigenvalue weighted by atomic mass is 10.0. The molecule has 0 aliphatic carbocycles. The average Bonchev–Trinajstić information content (AvgIpc) is 2.16. The van der Waals surface area contributed by atoms with Gasteiger partial charge in [-0.2, -0.15) is 0 Å². The van der Waals surface area contributed by atoms with Gasteiger partial charge in [0.25, 0.3) is 0 Å². The maximum absolute atomic E-state index is 10.5. The number of nitrogens with zero attached hydrogens (tertiary/aromatic N) is 2. The van der Waals surface area contributed by atoms with Crippen LogP contribution in [0.2, 0.25) is 0 Å². The highest BCUT2D eigenvalue weighted by atomic mass is 16.7. The molecule has 0 aliphatic rings. The van der Waals surface area contributed by atoms with Gasteiger partial charge in [-0.3, -0.25) is 20.2 Å². The molecule has 0 saturated carbocycles. The topological polar surface area (TPSA) is 144 Å². The van der Waals surface area contributed by atoms with Crippen molar-refractivity contribution in [3.05, 3.63) is 20.2 Å². The molecule has 1 unspecified atom stereocenters. The average molecular weight is 236 g/mol. The summed E-state index contributed by atoms with van der Waals surface area (Å²) in [6.07, 6.45) is -2.46. The molecule has 16 heavy (non-hydrogen) atoms. The number of carboxylic acids is 1. The van der Waals surface area contributed by atoms with Gasteiger partial charge >= 0.3 is 11.6 Å². The van der Waals surface area contributed by atoms with Gasteiger partial charge in [0.2, 0.25) is 0 Å². The normalized spacial score (nSPS) is 13.1. The van der Waals surface area contributed by atoms with Crippen molar-refractivity contribution in [2.24, 2.45) is 0 Å². The first-order chi connectivity index (χ1) is 7.21. The van der Waals surface area contributed by atoms with Crippen LogP contribution in [0.3, 0.4) is 0 Å². The second-order valence-electron chi connectivity index (χ2n) is 3.48. The van der Waals surface area contributed by atoms with Gasteiger partial charge in [0.05, 0.1) is 23.2 Å². The van der Waals surface area contributed by atoms with E-state index < -0.39 is 34.0 Å². The van der Waals surface area contributed by atoms with E-state index in [1.807, 2.05) is 0 Å². The van der Waals surface area contributed by atoms with Gasteiger partial charge in [0.1, 0.15) is 0 Å². The van der Waals surface area contributed by atoms with Gasteiger partial charge in [0.15, 0.2) is 6.10 Å². The summed E-state index contributed by atoms with van der Waals surface area (Å²) in [6.45, 7) is 0.847. The van der Waals surface area contributed by atoms with E-state index >= 15 is 0 Å². The fraction of sp³-hybridized carbons (Fsp3) is 0.857. The number of carboxylic acid groups (broad SMARTS) is 1. The van der Waals surface area contributed by atoms with E-state index in [9.17, 15) is 25.0 Å². The first kappa shape index (κ1) is 14.2. The Hall–Kier alpha value is -1.77. The predicted octanol–water partition coefficient (Wildman–Crippen LogP) is -0.128. The summed E-state index contributed by atoms with van der Waals surface area (Å²) in [6, 6.07) is 0. The minimum absolute atomic E-state index is 0.119.